The molecular weight excluding hydrogens is 294 g/mol. The minimum atomic E-state index is -0.199. The quantitative estimate of drug-likeness (QED) is 0.882. The first kappa shape index (κ1) is 12.5. The van der Waals surface area contributed by atoms with Crippen LogP contribution in [0.1, 0.15) is 20.7 Å². The fourth-order valence-electron chi connectivity index (χ4n) is 1.45. The summed E-state index contributed by atoms with van der Waals surface area (Å²) < 4.78 is 0.954. The zero-order chi connectivity index (χ0) is 13.0. The van der Waals surface area contributed by atoms with Gasteiger partial charge in [0.25, 0.3) is 5.91 Å². The lowest BCUT2D eigenvalue weighted by Gasteiger charge is -2.05. The van der Waals surface area contributed by atoms with Crippen molar-refractivity contribution in [1.82, 2.24) is 0 Å². The van der Waals surface area contributed by atoms with E-state index >= 15 is 0 Å². The fourth-order valence-corrected chi connectivity index (χ4v) is 1.71. The average molecular weight is 304 g/mol. The van der Waals surface area contributed by atoms with E-state index in [9.17, 15) is 9.59 Å². The molecule has 0 spiro atoms. The molecule has 90 valence electrons. The second-order valence-corrected chi connectivity index (χ2v) is 4.62. The first-order valence-corrected chi connectivity index (χ1v) is 6.10. The number of carbonyl (C=O) groups excluding carboxylic acids is 2. The normalized spacial score (nSPS) is 9.83. The lowest BCUT2D eigenvalue weighted by atomic mass is 10.1. The van der Waals surface area contributed by atoms with Crippen LogP contribution in [0.15, 0.2) is 53.0 Å². The van der Waals surface area contributed by atoms with Crippen molar-refractivity contribution in [2.75, 3.05) is 5.32 Å². The third-order valence-corrected chi connectivity index (χ3v) is 2.94. The van der Waals surface area contributed by atoms with E-state index in [1.54, 1.807) is 24.3 Å². The first-order chi connectivity index (χ1) is 8.69. The molecule has 18 heavy (non-hydrogen) atoms. The van der Waals surface area contributed by atoms with Crippen molar-refractivity contribution in [3.63, 3.8) is 0 Å². The summed E-state index contributed by atoms with van der Waals surface area (Å²) in [5.74, 6) is -0.199. The van der Waals surface area contributed by atoms with Crippen LogP contribution in [0.4, 0.5) is 5.69 Å². The van der Waals surface area contributed by atoms with Crippen LogP contribution in [0, 0.1) is 0 Å². The highest BCUT2D eigenvalue weighted by Gasteiger charge is 2.05. The molecule has 1 amide bonds. The largest absolute Gasteiger partial charge is 0.322 e. The van der Waals surface area contributed by atoms with E-state index in [2.05, 4.69) is 21.2 Å². The molecule has 0 aliphatic rings. The van der Waals surface area contributed by atoms with Crippen LogP contribution in [0.2, 0.25) is 0 Å². The zero-order valence-electron chi connectivity index (χ0n) is 9.39. The van der Waals surface area contributed by atoms with Gasteiger partial charge in [-0.25, -0.2) is 0 Å². The van der Waals surface area contributed by atoms with Crippen molar-refractivity contribution in [3.8, 4) is 0 Å². The molecule has 1 N–H and O–H groups in total. The number of nitrogens with one attached hydrogen (secondary N) is 1. The first-order valence-electron chi connectivity index (χ1n) is 5.31. The van der Waals surface area contributed by atoms with E-state index < -0.39 is 0 Å². The lowest BCUT2D eigenvalue weighted by Crippen LogP contribution is -2.11. The number of rotatable bonds is 3. The molecule has 3 nitrogen and oxygen atoms in total. The molecular formula is C14H10BrNO2. The Morgan fingerprint density at radius 1 is 1.00 bits per heavy atom. The van der Waals surface area contributed by atoms with Gasteiger partial charge >= 0.3 is 0 Å². The van der Waals surface area contributed by atoms with Crippen LogP contribution in [0.25, 0.3) is 0 Å². The standard InChI is InChI=1S/C14H10BrNO2/c15-12-5-7-13(8-6-12)16-14(18)11-3-1-10(9-17)2-4-11/h1-9H,(H,16,18). The summed E-state index contributed by atoms with van der Waals surface area (Å²) >= 11 is 3.33. The molecule has 2 aromatic rings. The fraction of sp³-hybridized carbons (Fsp3) is 0. The third-order valence-electron chi connectivity index (χ3n) is 2.41. The highest BCUT2D eigenvalue weighted by molar-refractivity contribution is 9.10. The van der Waals surface area contributed by atoms with Crippen LogP contribution in [0.3, 0.4) is 0 Å². The van der Waals surface area contributed by atoms with Gasteiger partial charge in [0.05, 0.1) is 0 Å². The minimum Gasteiger partial charge on any atom is -0.322 e. The Bertz CT molecular complexity index is 561. The molecule has 4 heteroatoms. The number of anilines is 1. The van der Waals surface area contributed by atoms with Crippen molar-refractivity contribution < 1.29 is 9.59 Å². The van der Waals surface area contributed by atoms with Crippen molar-refractivity contribution >= 4 is 33.8 Å². The van der Waals surface area contributed by atoms with E-state index in [1.165, 1.54) is 0 Å². The minimum absolute atomic E-state index is 0.199. The maximum Gasteiger partial charge on any atom is 0.255 e. The van der Waals surface area contributed by atoms with Crippen LogP contribution in [0.5, 0.6) is 0 Å². The molecule has 0 radical (unpaired) electrons. The summed E-state index contributed by atoms with van der Waals surface area (Å²) in [6, 6.07) is 13.8. The van der Waals surface area contributed by atoms with Crippen LogP contribution in [-0.4, -0.2) is 12.2 Å². The summed E-state index contributed by atoms with van der Waals surface area (Å²) in [5.41, 5.74) is 1.79. The number of carbonyl (C=O) groups is 2. The average Bonchev–Trinajstić information content (AvgIpc) is 2.41. The predicted molar refractivity (Wildman–Crippen MR) is 73.9 cm³/mol. The van der Waals surface area contributed by atoms with Crippen LogP contribution in [-0.2, 0) is 0 Å². The van der Waals surface area contributed by atoms with Gasteiger partial charge in [0.15, 0.2) is 0 Å². The summed E-state index contributed by atoms with van der Waals surface area (Å²) in [7, 11) is 0. The molecule has 0 aromatic heterocycles. The monoisotopic (exact) mass is 303 g/mol. The molecule has 0 saturated carbocycles. The number of benzene rings is 2. The van der Waals surface area contributed by atoms with Gasteiger partial charge in [0.1, 0.15) is 6.29 Å². The third kappa shape index (κ3) is 3.05. The second kappa shape index (κ2) is 5.60. The second-order valence-electron chi connectivity index (χ2n) is 3.70. The molecule has 0 aliphatic heterocycles. The summed E-state index contributed by atoms with van der Waals surface area (Å²) in [5, 5.41) is 2.77. The number of halogens is 1. The number of hydrogen-bond acceptors (Lipinski definition) is 2. The lowest BCUT2D eigenvalue weighted by molar-refractivity contribution is 0.102. The molecule has 0 aliphatic carbocycles. The van der Waals surface area contributed by atoms with Crippen molar-refractivity contribution in [1.29, 1.82) is 0 Å². The number of hydrogen-bond donors (Lipinski definition) is 1. The predicted octanol–water partition coefficient (Wildman–Crippen LogP) is 3.51. The summed E-state index contributed by atoms with van der Waals surface area (Å²) in [4.78, 5) is 22.4. The number of aldehydes is 1. The highest BCUT2D eigenvalue weighted by atomic mass is 79.9. The van der Waals surface area contributed by atoms with E-state index in [0.29, 0.717) is 11.1 Å². The van der Waals surface area contributed by atoms with E-state index in [4.69, 9.17) is 0 Å². The van der Waals surface area contributed by atoms with Crippen LogP contribution < -0.4 is 5.32 Å². The van der Waals surface area contributed by atoms with Crippen molar-refractivity contribution in [2.45, 2.75) is 0 Å². The zero-order valence-corrected chi connectivity index (χ0v) is 11.0. The SMILES string of the molecule is O=Cc1ccc(C(=O)Nc2ccc(Br)cc2)cc1. The van der Waals surface area contributed by atoms with Gasteiger partial charge in [-0.15, -0.1) is 0 Å². The Balaban J connectivity index is 2.11. The maximum absolute atomic E-state index is 11.9. The van der Waals surface area contributed by atoms with Gasteiger partial charge in [-0.1, -0.05) is 28.1 Å². The molecule has 0 bridgehead atoms. The molecule has 0 heterocycles. The molecule has 2 aromatic carbocycles. The molecule has 0 fully saturated rings. The Labute approximate surface area is 113 Å². The molecule has 0 saturated heterocycles. The van der Waals surface area contributed by atoms with E-state index in [1.807, 2.05) is 24.3 Å². The van der Waals surface area contributed by atoms with Crippen molar-refractivity contribution in [3.05, 3.63) is 64.1 Å². The maximum atomic E-state index is 11.9. The van der Waals surface area contributed by atoms with Gasteiger partial charge in [-0.05, 0) is 36.4 Å². The highest BCUT2D eigenvalue weighted by Crippen LogP contribution is 2.15. The van der Waals surface area contributed by atoms with Gasteiger partial charge in [0, 0.05) is 21.3 Å². The Morgan fingerprint density at radius 2 is 1.61 bits per heavy atom. The van der Waals surface area contributed by atoms with E-state index in [-0.39, 0.29) is 5.91 Å². The molecule has 0 atom stereocenters. The smallest absolute Gasteiger partial charge is 0.255 e. The van der Waals surface area contributed by atoms with Crippen LogP contribution >= 0.6 is 15.9 Å². The number of amides is 1. The molecule has 0 unspecified atom stereocenters. The van der Waals surface area contributed by atoms with Gasteiger partial charge in [0.2, 0.25) is 0 Å². The van der Waals surface area contributed by atoms with Gasteiger partial charge in [-0.3, -0.25) is 9.59 Å². The van der Waals surface area contributed by atoms with E-state index in [0.717, 1.165) is 16.4 Å². The summed E-state index contributed by atoms with van der Waals surface area (Å²) in [6.45, 7) is 0. The molecule has 2 rings (SSSR count). The summed E-state index contributed by atoms with van der Waals surface area (Å²) in [6.07, 6.45) is 0.746. The van der Waals surface area contributed by atoms with Gasteiger partial charge < -0.3 is 5.32 Å². The Morgan fingerprint density at radius 3 is 2.17 bits per heavy atom. The Hall–Kier alpha value is -1.94. The van der Waals surface area contributed by atoms with Crippen molar-refractivity contribution in [2.24, 2.45) is 0 Å². The van der Waals surface area contributed by atoms with Gasteiger partial charge in [-0.2, -0.15) is 0 Å². The topological polar surface area (TPSA) is 46.2 Å². The Kier molecular flexibility index (Phi) is 3.89.